The van der Waals surface area contributed by atoms with Gasteiger partial charge in [0.05, 0.1) is 12.2 Å². The van der Waals surface area contributed by atoms with Crippen LogP contribution in [0.25, 0.3) is 0 Å². The number of hydrogen-bond donors (Lipinski definition) is 1. The van der Waals surface area contributed by atoms with E-state index < -0.39 is 6.09 Å². The number of benzene rings is 2. The number of ether oxygens (including phenoxy) is 2. The number of anilines is 1. The standard InChI is InChI=1S/C18H18ClNO4/c1-2-3-12-23-17(21)13-4-10-16(11-5-13)24-18(22)20-15-8-6-14(19)7-9-15/h4-11H,2-3,12H2,1H3,(H,20,22). The number of rotatable bonds is 6. The zero-order valence-corrected chi connectivity index (χ0v) is 14.0. The third kappa shape index (κ3) is 5.59. The molecule has 0 spiro atoms. The van der Waals surface area contributed by atoms with Gasteiger partial charge in [-0.2, -0.15) is 0 Å². The van der Waals surface area contributed by atoms with Crippen molar-refractivity contribution in [3.05, 3.63) is 59.1 Å². The highest BCUT2D eigenvalue weighted by atomic mass is 35.5. The van der Waals surface area contributed by atoms with Crippen LogP contribution < -0.4 is 10.1 Å². The predicted molar refractivity (Wildman–Crippen MR) is 92.7 cm³/mol. The monoisotopic (exact) mass is 347 g/mol. The molecule has 0 radical (unpaired) electrons. The molecule has 2 aromatic rings. The van der Waals surface area contributed by atoms with Gasteiger partial charge < -0.3 is 9.47 Å². The Morgan fingerprint density at radius 1 is 1.04 bits per heavy atom. The highest BCUT2D eigenvalue weighted by molar-refractivity contribution is 6.30. The van der Waals surface area contributed by atoms with E-state index in [1.54, 1.807) is 36.4 Å². The summed E-state index contributed by atoms with van der Waals surface area (Å²) < 4.78 is 10.3. The van der Waals surface area contributed by atoms with Gasteiger partial charge in [-0.15, -0.1) is 0 Å². The summed E-state index contributed by atoms with van der Waals surface area (Å²) in [4.78, 5) is 23.6. The van der Waals surface area contributed by atoms with Crippen molar-refractivity contribution in [2.45, 2.75) is 19.8 Å². The van der Waals surface area contributed by atoms with Crippen LogP contribution in [0.1, 0.15) is 30.1 Å². The van der Waals surface area contributed by atoms with Gasteiger partial charge in [0.1, 0.15) is 5.75 Å². The lowest BCUT2D eigenvalue weighted by Gasteiger charge is -2.08. The van der Waals surface area contributed by atoms with Crippen molar-refractivity contribution in [1.29, 1.82) is 0 Å². The van der Waals surface area contributed by atoms with Gasteiger partial charge in [-0.05, 0) is 55.0 Å². The summed E-state index contributed by atoms with van der Waals surface area (Å²) in [6, 6.07) is 12.8. The number of carbonyl (C=O) groups excluding carboxylic acids is 2. The molecule has 0 aliphatic rings. The summed E-state index contributed by atoms with van der Waals surface area (Å²) in [5.41, 5.74) is 0.983. The molecule has 0 atom stereocenters. The molecule has 0 aliphatic heterocycles. The number of halogens is 1. The molecule has 0 aliphatic carbocycles. The lowest BCUT2D eigenvalue weighted by molar-refractivity contribution is 0.0499. The first-order valence-corrected chi connectivity index (χ1v) is 7.98. The maximum absolute atomic E-state index is 11.8. The number of amides is 1. The van der Waals surface area contributed by atoms with Crippen molar-refractivity contribution in [3.63, 3.8) is 0 Å². The second kappa shape index (κ2) is 8.93. The van der Waals surface area contributed by atoms with E-state index in [2.05, 4.69) is 5.32 Å². The molecule has 0 saturated carbocycles. The van der Waals surface area contributed by atoms with E-state index >= 15 is 0 Å². The zero-order valence-electron chi connectivity index (χ0n) is 13.3. The van der Waals surface area contributed by atoms with E-state index in [0.29, 0.717) is 28.6 Å². The van der Waals surface area contributed by atoms with Crippen molar-refractivity contribution in [1.82, 2.24) is 0 Å². The van der Waals surface area contributed by atoms with Crippen molar-refractivity contribution >= 4 is 29.4 Å². The average molecular weight is 348 g/mol. The lowest BCUT2D eigenvalue weighted by atomic mass is 10.2. The molecule has 5 nitrogen and oxygen atoms in total. The number of hydrogen-bond acceptors (Lipinski definition) is 4. The molecule has 2 aromatic carbocycles. The highest BCUT2D eigenvalue weighted by Crippen LogP contribution is 2.16. The third-order valence-corrected chi connectivity index (χ3v) is 3.37. The van der Waals surface area contributed by atoms with Gasteiger partial charge in [0.2, 0.25) is 0 Å². The maximum Gasteiger partial charge on any atom is 0.417 e. The third-order valence-electron chi connectivity index (χ3n) is 3.12. The second-order valence-corrected chi connectivity index (χ2v) is 5.47. The second-order valence-electron chi connectivity index (χ2n) is 5.04. The summed E-state index contributed by atoms with van der Waals surface area (Å²) in [5, 5.41) is 3.16. The quantitative estimate of drug-likeness (QED) is 0.595. The van der Waals surface area contributed by atoms with Crippen LogP contribution in [0.5, 0.6) is 5.75 Å². The molecule has 0 fully saturated rings. The van der Waals surface area contributed by atoms with E-state index in [0.717, 1.165) is 12.8 Å². The number of unbranched alkanes of at least 4 members (excludes halogenated alkanes) is 1. The van der Waals surface area contributed by atoms with Crippen LogP contribution in [-0.2, 0) is 4.74 Å². The fraction of sp³-hybridized carbons (Fsp3) is 0.222. The van der Waals surface area contributed by atoms with Gasteiger partial charge in [0.25, 0.3) is 0 Å². The Morgan fingerprint density at radius 3 is 2.33 bits per heavy atom. The molecule has 24 heavy (non-hydrogen) atoms. The van der Waals surface area contributed by atoms with Crippen LogP contribution in [0.4, 0.5) is 10.5 Å². The molecule has 0 heterocycles. The molecule has 0 saturated heterocycles. The topological polar surface area (TPSA) is 64.6 Å². The normalized spacial score (nSPS) is 10.1. The summed E-state index contributed by atoms with van der Waals surface area (Å²) in [7, 11) is 0. The summed E-state index contributed by atoms with van der Waals surface area (Å²) in [5.74, 6) is -0.0628. The van der Waals surface area contributed by atoms with E-state index in [9.17, 15) is 9.59 Å². The first kappa shape index (κ1) is 17.8. The Balaban J connectivity index is 1.87. The van der Waals surface area contributed by atoms with Crippen LogP contribution in [-0.4, -0.2) is 18.7 Å². The molecule has 2 rings (SSSR count). The van der Waals surface area contributed by atoms with Gasteiger partial charge in [-0.3, -0.25) is 5.32 Å². The fourth-order valence-corrected chi connectivity index (χ4v) is 1.96. The smallest absolute Gasteiger partial charge is 0.417 e. The molecule has 126 valence electrons. The first-order valence-electron chi connectivity index (χ1n) is 7.60. The van der Waals surface area contributed by atoms with Crippen LogP contribution in [0.2, 0.25) is 5.02 Å². The van der Waals surface area contributed by atoms with Crippen LogP contribution in [0.3, 0.4) is 0 Å². The molecule has 0 unspecified atom stereocenters. The minimum atomic E-state index is -0.629. The fourth-order valence-electron chi connectivity index (χ4n) is 1.84. The Bertz CT molecular complexity index is 683. The molecule has 0 aromatic heterocycles. The largest absolute Gasteiger partial charge is 0.462 e. The van der Waals surface area contributed by atoms with E-state index in [-0.39, 0.29) is 5.97 Å². The van der Waals surface area contributed by atoms with Gasteiger partial charge in [-0.1, -0.05) is 24.9 Å². The molecule has 6 heteroatoms. The van der Waals surface area contributed by atoms with Gasteiger partial charge in [-0.25, -0.2) is 9.59 Å². The Labute approximate surface area is 145 Å². The predicted octanol–water partition coefficient (Wildman–Crippen LogP) is 4.91. The summed E-state index contributed by atoms with van der Waals surface area (Å²) in [6.45, 7) is 2.42. The van der Waals surface area contributed by atoms with E-state index in [1.165, 1.54) is 12.1 Å². The molecule has 0 bridgehead atoms. The number of carbonyl (C=O) groups is 2. The van der Waals surface area contributed by atoms with Crippen LogP contribution in [0, 0.1) is 0 Å². The summed E-state index contributed by atoms with van der Waals surface area (Å²) in [6.07, 6.45) is 1.16. The van der Waals surface area contributed by atoms with Crippen LogP contribution >= 0.6 is 11.6 Å². The zero-order chi connectivity index (χ0) is 17.4. The van der Waals surface area contributed by atoms with Crippen molar-refractivity contribution in [2.24, 2.45) is 0 Å². The SMILES string of the molecule is CCCCOC(=O)c1ccc(OC(=O)Nc2ccc(Cl)cc2)cc1. The molecule has 1 amide bonds. The average Bonchev–Trinajstić information content (AvgIpc) is 2.58. The Morgan fingerprint density at radius 2 is 1.71 bits per heavy atom. The Hall–Kier alpha value is -2.53. The molecular weight excluding hydrogens is 330 g/mol. The number of nitrogens with one attached hydrogen (secondary N) is 1. The number of esters is 1. The van der Waals surface area contributed by atoms with Crippen molar-refractivity contribution in [3.8, 4) is 5.75 Å². The van der Waals surface area contributed by atoms with Gasteiger partial charge >= 0.3 is 12.1 Å². The van der Waals surface area contributed by atoms with Gasteiger partial charge in [0, 0.05) is 10.7 Å². The van der Waals surface area contributed by atoms with E-state index in [4.69, 9.17) is 21.1 Å². The minimum absolute atomic E-state index is 0.326. The van der Waals surface area contributed by atoms with E-state index in [1.807, 2.05) is 6.92 Å². The summed E-state index contributed by atoms with van der Waals surface area (Å²) >= 11 is 5.78. The highest BCUT2D eigenvalue weighted by Gasteiger charge is 2.09. The van der Waals surface area contributed by atoms with Crippen LogP contribution in [0.15, 0.2) is 48.5 Å². The molecular formula is C18H18ClNO4. The Kier molecular flexibility index (Phi) is 6.63. The molecule has 1 N–H and O–H groups in total. The first-order chi connectivity index (χ1) is 11.6. The maximum atomic E-state index is 11.8. The van der Waals surface area contributed by atoms with Gasteiger partial charge in [0.15, 0.2) is 0 Å². The minimum Gasteiger partial charge on any atom is -0.462 e. The van der Waals surface area contributed by atoms with Crippen molar-refractivity contribution < 1.29 is 19.1 Å². The van der Waals surface area contributed by atoms with Crippen molar-refractivity contribution in [2.75, 3.05) is 11.9 Å². The lowest BCUT2D eigenvalue weighted by Crippen LogP contribution is -2.16.